The van der Waals surface area contributed by atoms with E-state index in [4.69, 9.17) is 0 Å². The third-order valence-corrected chi connectivity index (χ3v) is 10.4. The van der Waals surface area contributed by atoms with Crippen LogP contribution in [-0.2, 0) is 0 Å². The fraction of sp³-hybridized carbons (Fsp3) is 0.917. The Bertz CT molecular complexity index is 624. The highest BCUT2D eigenvalue weighted by molar-refractivity contribution is 5.29. The van der Waals surface area contributed by atoms with Crippen molar-refractivity contribution in [3.63, 3.8) is 0 Å². The van der Waals surface area contributed by atoms with E-state index in [1.807, 2.05) is 5.57 Å². The summed E-state index contributed by atoms with van der Waals surface area (Å²) in [5.74, 6) is 2.90. The Morgan fingerprint density at radius 2 is 1.85 bits per heavy atom. The molecule has 0 radical (unpaired) electrons. The molecule has 1 heterocycles. The largest absolute Gasteiger partial charge is 0.306 e. The molecule has 0 amide bonds. The summed E-state index contributed by atoms with van der Waals surface area (Å²) in [6.45, 7) is 8.15. The zero-order valence-electron chi connectivity index (χ0n) is 17.9. The van der Waals surface area contributed by atoms with Gasteiger partial charge in [-0.05, 0) is 107 Å². The number of rotatable bonds is 1. The average Bonchev–Trinajstić information content (AvgIpc) is 3.07. The van der Waals surface area contributed by atoms with Crippen LogP contribution >= 0.6 is 0 Å². The summed E-state index contributed by atoms with van der Waals surface area (Å²) in [5.41, 5.74) is 3.55. The molecule has 4 aliphatic carbocycles. The van der Waals surface area contributed by atoms with Crippen molar-refractivity contribution in [3.05, 3.63) is 11.6 Å². The zero-order chi connectivity index (χ0) is 18.3. The molecule has 0 aromatic carbocycles. The van der Waals surface area contributed by atoms with Gasteiger partial charge in [-0.3, -0.25) is 0 Å². The fourth-order valence-electron chi connectivity index (χ4n) is 9.16. The molecule has 0 bridgehead atoms. The predicted molar refractivity (Wildman–Crippen MR) is 109 cm³/mol. The molecule has 5 aliphatic rings. The maximum absolute atomic E-state index is 2.75. The van der Waals surface area contributed by atoms with Crippen LogP contribution < -0.4 is 0 Å². The first-order valence-corrected chi connectivity index (χ1v) is 11.3. The molecule has 4 fully saturated rings. The van der Waals surface area contributed by atoms with Crippen molar-refractivity contribution in [1.82, 2.24) is 9.80 Å². The predicted octanol–water partition coefficient (Wildman–Crippen LogP) is 4.81. The third kappa shape index (κ3) is 2.12. The van der Waals surface area contributed by atoms with Gasteiger partial charge in [-0.1, -0.05) is 25.5 Å². The van der Waals surface area contributed by atoms with Gasteiger partial charge in [-0.2, -0.15) is 0 Å². The first-order valence-electron chi connectivity index (χ1n) is 11.3. The minimum absolute atomic E-state index is 0.490. The molecule has 1 saturated heterocycles. The Labute approximate surface area is 161 Å². The van der Waals surface area contributed by atoms with Crippen LogP contribution in [0, 0.1) is 34.0 Å². The molecule has 7 unspecified atom stereocenters. The summed E-state index contributed by atoms with van der Waals surface area (Å²) in [5, 5.41) is 0. The van der Waals surface area contributed by atoms with Crippen molar-refractivity contribution in [2.75, 3.05) is 34.2 Å². The molecule has 5 rings (SSSR count). The Kier molecular flexibility index (Phi) is 3.82. The lowest BCUT2D eigenvalue weighted by Crippen LogP contribution is -2.57. The van der Waals surface area contributed by atoms with Crippen molar-refractivity contribution in [2.24, 2.45) is 34.0 Å². The van der Waals surface area contributed by atoms with Crippen LogP contribution in [0.5, 0.6) is 0 Å². The number of nitrogens with zero attached hydrogens (tertiary/aromatic N) is 2. The van der Waals surface area contributed by atoms with Gasteiger partial charge in [0.15, 0.2) is 0 Å². The van der Waals surface area contributed by atoms with Crippen LogP contribution in [-0.4, -0.2) is 50.1 Å². The van der Waals surface area contributed by atoms with Gasteiger partial charge < -0.3 is 9.80 Å². The van der Waals surface area contributed by atoms with E-state index in [0.29, 0.717) is 16.2 Å². The topological polar surface area (TPSA) is 6.48 Å². The van der Waals surface area contributed by atoms with Gasteiger partial charge in [0.2, 0.25) is 0 Å². The summed E-state index contributed by atoms with van der Waals surface area (Å²) in [7, 11) is 6.93. The first kappa shape index (κ1) is 17.7. The minimum atomic E-state index is 0.490. The van der Waals surface area contributed by atoms with Crippen LogP contribution in [0.2, 0.25) is 0 Å². The third-order valence-electron chi connectivity index (χ3n) is 10.4. The second-order valence-electron chi connectivity index (χ2n) is 11.6. The average molecular weight is 357 g/mol. The molecule has 2 heteroatoms. The second-order valence-corrected chi connectivity index (χ2v) is 11.6. The molecule has 0 aromatic heterocycles. The highest BCUT2D eigenvalue weighted by Gasteiger charge is 2.66. The number of fused-ring (bicyclic) bond motifs is 4. The van der Waals surface area contributed by atoms with Crippen molar-refractivity contribution in [2.45, 2.75) is 71.3 Å². The van der Waals surface area contributed by atoms with Crippen LogP contribution in [0.1, 0.15) is 65.2 Å². The molecule has 0 N–H and O–H groups in total. The van der Waals surface area contributed by atoms with Crippen molar-refractivity contribution in [3.8, 4) is 0 Å². The van der Waals surface area contributed by atoms with E-state index in [1.165, 1.54) is 64.5 Å². The molecular formula is C24H40N2. The molecule has 2 nitrogen and oxygen atoms in total. The van der Waals surface area contributed by atoms with Crippen LogP contribution in [0.25, 0.3) is 0 Å². The van der Waals surface area contributed by atoms with E-state index in [9.17, 15) is 0 Å². The highest BCUT2D eigenvalue weighted by atomic mass is 15.1. The Morgan fingerprint density at radius 1 is 1.04 bits per heavy atom. The Morgan fingerprint density at radius 3 is 2.62 bits per heavy atom. The molecular weight excluding hydrogens is 316 g/mol. The van der Waals surface area contributed by atoms with E-state index in [0.717, 1.165) is 23.8 Å². The van der Waals surface area contributed by atoms with Gasteiger partial charge >= 0.3 is 0 Å². The van der Waals surface area contributed by atoms with Crippen LogP contribution in [0.3, 0.4) is 0 Å². The standard InChI is InChI=1S/C24H40N2/c1-22-12-9-19(25(3)4)14-17(22)8-11-23(2)20(22)10-13-24-16-26(5)15-18(24)6-7-21(23)24/h8,18-21H,6-7,9-16H2,1-5H3. The molecule has 0 aromatic rings. The maximum atomic E-state index is 2.75. The van der Waals surface area contributed by atoms with E-state index in [-0.39, 0.29) is 0 Å². The summed E-state index contributed by atoms with van der Waals surface area (Å²) < 4.78 is 0. The normalized spacial score (nSPS) is 53.7. The monoisotopic (exact) mass is 356 g/mol. The molecule has 146 valence electrons. The van der Waals surface area contributed by atoms with Gasteiger partial charge in [0, 0.05) is 19.1 Å². The molecule has 26 heavy (non-hydrogen) atoms. The summed E-state index contributed by atoms with van der Waals surface area (Å²) >= 11 is 0. The van der Waals surface area contributed by atoms with E-state index in [2.05, 4.69) is 50.9 Å². The van der Waals surface area contributed by atoms with Gasteiger partial charge in [-0.25, -0.2) is 0 Å². The SMILES string of the molecule is CN1CC2CCC3C4(C)CC=C5CC(N(C)C)CCC5(C)C4CCC23C1. The van der Waals surface area contributed by atoms with Gasteiger partial charge in [0.1, 0.15) is 0 Å². The van der Waals surface area contributed by atoms with Gasteiger partial charge in [-0.15, -0.1) is 0 Å². The van der Waals surface area contributed by atoms with Crippen molar-refractivity contribution < 1.29 is 0 Å². The first-order chi connectivity index (χ1) is 12.3. The summed E-state index contributed by atoms with van der Waals surface area (Å²) in [4.78, 5) is 5.13. The van der Waals surface area contributed by atoms with Crippen LogP contribution in [0.4, 0.5) is 0 Å². The lowest BCUT2D eigenvalue weighted by molar-refractivity contribution is -0.105. The number of allylic oxidation sites excluding steroid dienone is 1. The smallest absolute Gasteiger partial charge is 0.0127 e. The lowest BCUT2D eigenvalue weighted by Gasteiger charge is -2.63. The second kappa shape index (κ2) is 5.60. The quantitative estimate of drug-likeness (QED) is 0.622. The molecule has 1 spiro atoms. The summed E-state index contributed by atoms with van der Waals surface area (Å²) in [6, 6.07) is 0.771. The zero-order valence-corrected chi connectivity index (χ0v) is 17.9. The van der Waals surface area contributed by atoms with Gasteiger partial charge in [0.05, 0.1) is 0 Å². The lowest BCUT2D eigenvalue weighted by atomic mass is 9.41. The Balaban J connectivity index is 1.50. The van der Waals surface area contributed by atoms with E-state index < -0.39 is 0 Å². The highest BCUT2D eigenvalue weighted by Crippen LogP contribution is 2.72. The fourth-order valence-corrected chi connectivity index (χ4v) is 9.16. The molecule has 3 saturated carbocycles. The number of hydrogen-bond acceptors (Lipinski definition) is 2. The number of hydrogen-bond donors (Lipinski definition) is 0. The summed E-state index contributed by atoms with van der Waals surface area (Å²) in [6.07, 6.45) is 14.3. The molecule has 7 atom stereocenters. The number of likely N-dealkylation sites (tertiary alicyclic amines) is 1. The van der Waals surface area contributed by atoms with Crippen molar-refractivity contribution in [1.29, 1.82) is 0 Å². The van der Waals surface area contributed by atoms with E-state index >= 15 is 0 Å². The van der Waals surface area contributed by atoms with Gasteiger partial charge in [0.25, 0.3) is 0 Å². The Hall–Kier alpha value is -0.340. The van der Waals surface area contributed by atoms with Crippen molar-refractivity contribution >= 4 is 0 Å². The van der Waals surface area contributed by atoms with E-state index in [1.54, 1.807) is 0 Å². The van der Waals surface area contributed by atoms with Crippen LogP contribution in [0.15, 0.2) is 11.6 Å². The molecule has 1 aliphatic heterocycles. The minimum Gasteiger partial charge on any atom is -0.306 e. The maximum Gasteiger partial charge on any atom is 0.0127 e.